The van der Waals surface area contributed by atoms with Gasteiger partial charge in [0.25, 0.3) is 0 Å². The number of rotatable bonds is 3. The Labute approximate surface area is 181 Å². The van der Waals surface area contributed by atoms with Crippen LogP contribution in [0.15, 0.2) is 54.6 Å². The number of hydrogen-bond donors (Lipinski definition) is 0. The molecule has 5 rings (SSSR count). The van der Waals surface area contributed by atoms with E-state index < -0.39 is 0 Å². The van der Waals surface area contributed by atoms with Gasteiger partial charge < -0.3 is 4.90 Å². The third kappa shape index (κ3) is 3.72. The van der Waals surface area contributed by atoms with Crippen molar-refractivity contribution in [1.82, 2.24) is 14.9 Å². The molecule has 0 atom stereocenters. The summed E-state index contributed by atoms with van der Waals surface area (Å²) in [5.41, 5.74) is 5.06. The predicted molar refractivity (Wildman–Crippen MR) is 119 cm³/mol. The molecule has 3 aromatic rings. The molecule has 2 heterocycles. The Morgan fingerprint density at radius 3 is 2.40 bits per heavy atom. The van der Waals surface area contributed by atoms with E-state index in [2.05, 4.69) is 12.1 Å². The van der Waals surface area contributed by atoms with Crippen molar-refractivity contribution >= 4 is 17.5 Å². The molecule has 1 fully saturated rings. The summed E-state index contributed by atoms with van der Waals surface area (Å²) < 4.78 is 0. The average Bonchev–Trinajstić information content (AvgIpc) is 3.33. The maximum atomic E-state index is 13.1. The van der Waals surface area contributed by atoms with E-state index in [0.29, 0.717) is 23.3 Å². The molecule has 0 unspecified atom stereocenters. The van der Waals surface area contributed by atoms with Crippen molar-refractivity contribution < 1.29 is 4.79 Å². The Morgan fingerprint density at radius 2 is 1.67 bits per heavy atom. The third-order valence-corrected chi connectivity index (χ3v) is 6.48. The Hall–Kier alpha value is -2.72. The number of carbonyl (C=O) groups is 1. The van der Waals surface area contributed by atoms with Crippen molar-refractivity contribution in [2.24, 2.45) is 5.92 Å². The molecule has 1 saturated carbocycles. The van der Waals surface area contributed by atoms with Crippen LogP contribution in [0.4, 0.5) is 0 Å². The summed E-state index contributed by atoms with van der Waals surface area (Å²) in [5, 5.41) is 0.695. The number of hydrogen-bond acceptors (Lipinski definition) is 3. The van der Waals surface area contributed by atoms with Gasteiger partial charge in [0.05, 0.1) is 11.4 Å². The first kappa shape index (κ1) is 19.3. The Bertz CT molecular complexity index is 1060. The normalized spacial score (nSPS) is 16.5. The first-order chi connectivity index (χ1) is 14.7. The van der Waals surface area contributed by atoms with Crippen LogP contribution in [0.2, 0.25) is 5.02 Å². The number of nitrogens with zero attached hydrogens (tertiary/aromatic N) is 3. The minimum atomic E-state index is 0.195. The highest BCUT2D eigenvalue weighted by Gasteiger charge is 2.31. The number of aromatic nitrogens is 2. The highest BCUT2D eigenvalue weighted by Crippen LogP contribution is 2.33. The van der Waals surface area contributed by atoms with Gasteiger partial charge in [-0.1, -0.05) is 54.8 Å². The van der Waals surface area contributed by atoms with Crippen LogP contribution in [-0.2, 0) is 17.8 Å². The maximum absolute atomic E-state index is 13.1. The monoisotopic (exact) mass is 417 g/mol. The predicted octanol–water partition coefficient (Wildman–Crippen LogP) is 5.54. The van der Waals surface area contributed by atoms with Crippen molar-refractivity contribution in [2.75, 3.05) is 6.54 Å². The average molecular weight is 418 g/mol. The van der Waals surface area contributed by atoms with Crippen LogP contribution >= 0.6 is 11.6 Å². The fourth-order valence-electron chi connectivity index (χ4n) is 4.60. The Morgan fingerprint density at radius 1 is 0.933 bits per heavy atom. The molecule has 0 spiro atoms. The molecule has 5 heteroatoms. The summed E-state index contributed by atoms with van der Waals surface area (Å²) in [6, 6.07) is 17.8. The topological polar surface area (TPSA) is 46.1 Å². The lowest BCUT2D eigenvalue weighted by Gasteiger charge is -2.31. The molecule has 1 amide bonds. The molecule has 4 nitrogen and oxygen atoms in total. The molecule has 0 radical (unpaired) electrons. The number of halogens is 1. The zero-order chi connectivity index (χ0) is 20.5. The molecule has 0 bridgehead atoms. The van der Waals surface area contributed by atoms with E-state index in [9.17, 15) is 4.79 Å². The zero-order valence-electron chi connectivity index (χ0n) is 16.9. The minimum absolute atomic E-state index is 0.195. The second-order valence-corrected chi connectivity index (χ2v) is 8.62. The summed E-state index contributed by atoms with van der Waals surface area (Å²) in [6.07, 6.45) is 5.16. The first-order valence-electron chi connectivity index (χ1n) is 10.7. The van der Waals surface area contributed by atoms with Gasteiger partial charge in [0, 0.05) is 47.1 Å². The number of carbonyl (C=O) groups excluding carboxylic acids is 1. The van der Waals surface area contributed by atoms with Crippen molar-refractivity contribution in [3.63, 3.8) is 0 Å². The molecular weight excluding hydrogens is 394 g/mol. The lowest BCUT2D eigenvalue weighted by molar-refractivity contribution is -0.136. The van der Waals surface area contributed by atoms with E-state index in [1.165, 1.54) is 12.8 Å². The number of amides is 1. The summed E-state index contributed by atoms with van der Waals surface area (Å²) in [6.45, 7) is 1.32. The highest BCUT2D eigenvalue weighted by molar-refractivity contribution is 6.30. The number of fused-ring (bicyclic) bond motifs is 1. The third-order valence-electron chi connectivity index (χ3n) is 6.23. The van der Waals surface area contributed by atoms with Gasteiger partial charge in [0.15, 0.2) is 5.82 Å². The van der Waals surface area contributed by atoms with Crippen molar-refractivity contribution in [2.45, 2.75) is 38.6 Å². The number of benzene rings is 2. The maximum Gasteiger partial charge on any atom is 0.225 e. The summed E-state index contributed by atoms with van der Waals surface area (Å²) >= 11 is 6.06. The quantitative estimate of drug-likeness (QED) is 0.562. The molecule has 1 aromatic heterocycles. The molecule has 30 heavy (non-hydrogen) atoms. The van der Waals surface area contributed by atoms with Crippen LogP contribution in [-0.4, -0.2) is 27.3 Å². The van der Waals surface area contributed by atoms with Crippen molar-refractivity contribution in [3.8, 4) is 22.6 Å². The van der Waals surface area contributed by atoms with Crippen LogP contribution < -0.4 is 0 Å². The molecular formula is C25H24ClN3O. The fourth-order valence-corrected chi connectivity index (χ4v) is 4.72. The molecule has 0 saturated heterocycles. The Balaban J connectivity index is 1.56. The second-order valence-electron chi connectivity index (χ2n) is 8.19. The van der Waals surface area contributed by atoms with Gasteiger partial charge in [0.1, 0.15) is 0 Å². The lowest BCUT2D eigenvalue weighted by atomic mass is 9.97. The molecule has 1 aliphatic heterocycles. The van der Waals surface area contributed by atoms with Crippen molar-refractivity contribution in [1.29, 1.82) is 0 Å². The van der Waals surface area contributed by atoms with Crippen LogP contribution in [0.3, 0.4) is 0 Å². The van der Waals surface area contributed by atoms with Gasteiger partial charge in [-0.2, -0.15) is 0 Å². The van der Waals surface area contributed by atoms with Gasteiger partial charge in [-0.25, -0.2) is 9.97 Å². The standard InChI is InChI=1S/C25H24ClN3O/c26-20-12-10-18(11-13-20)24-27-22-14-15-29(25(30)19-8-4-5-9-19)16-21(22)23(28-24)17-6-2-1-3-7-17/h1-3,6-7,10-13,19H,4-5,8-9,14-16H2. The van der Waals surface area contributed by atoms with Crippen molar-refractivity contribution in [3.05, 3.63) is 70.9 Å². The highest BCUT2D eigenvalue weighted by atomic mass is 35.5. The molecule has 0 N–H and O–H groups in total. The largest absolute Gasteiger partial charge is 0.338 e. The van der Waals surface area contributed by atoms with Crippen LogP contribution in [0.25, 0.3) is 22.6 Å². The molecule has 2 aromatic carbocycles. The van der Waals surface area contributed by atoms with E-state index in [4.69, 9.17) is 21.6 Å². The van der Waals surface area contributed by atoms with E-state index in [1.807, 2.05) is 47.4 Å². The van der Waals surface area contributed by atoms with Gasteiger partial charge in [0.2, 0.25) is 5.91 Å². The van der Waals surface area contributed by atoms with Crippen LogP contribution in [0.5, 0.6) is 0 Å². The summed E-state index contributed by atoms with van der Waals surface area (Å²) in [7, 11) is 0. The van der Waals surface area contributed by atoms with Crippen LogP contribution in [0, 0.1) is 5.92 Å². The Kier molecular flexibility index (Phi) is 5.26. The van der Waals surface area contributed by atoms with Gasteiger partial charge in [-0.3, -0.25) is 4.79 Å². The summed E-state index contributed by atoms with van der Waals surface area (Å²) in [4.78, 5) is 24.9. The summed E-state index contributed by atoms with van der Waals surface area (Å²) in [5.74, 6) is 1.21. The van der Waals surface area contributed by atoms with E-state index >= 15 is 0 Å². The van der Waals surface area contributed by atoms with Gasteiger partial charge >= 0.3 is 0 Å². The molecule has 2 aliphatic rings. The SMILES string of the molecule is O=C(C1CCCC1)N1CCc2nc(-c3ccc(Cl)cc3)nc(-c3ccccc3)c2C1. The van der Waals surface area contributed by atoms with E-state index in [-0.39, 0.29) is 5.92 Å². The van der Waals surface area contributed by atoms with Gasteiger partial charge in [-0.15, -0.1) is 0 Å². The molecule has 152 valence electrons. The van der Waals surface area contributed by atoms with E-state index in [1.54, 1.807) is 0 Å². The fraction of sp³-hybridized carbons (Fsp3) is 0.320. The molecule has 1 aliphatic carbocycles. The minimum Gasteiger partial charge on any atom is -0.338 e. The second kappa shape index (κ2) is 8.19. The lowest BCUT2D eigenvalue weighted by Crippen LogP contribution is -2.39. The van der Waals surface area contributed by atoms with E-state index in [0.717, 1.165) is 53.9 Å². The first-order valence-corrected chi connectivity index (χ1v) is 11.1. The smallest absolute Gasteiger partial charge is 0.225 e. The van der Waals surface area contributed by atoms with Gasteiger partial charge in [-0.05, 0) is 37.1 Å². The van der Waals surface area contributed by atoms with Crippen LogP contribution in [0.1, 0.15) is 36.9 Å². The zero-order valence-corrected chi connectivity index (χ0v) is 17.6.